The number of carbonyl (C=O) groups excluding carboxylic acids is 2. The maximum absolute atomic E-state index is 12.7. The number of amides is 1. The van der Waals surface area contributed by atoms with Crippen LogP contribution >= 0.6 is 0 Å². The quantitative estimate of drug-likeness (QED) is 0.749. The van der Waals surface area contributed by atoms with Crippen molar-refractivity contribution < 1.29 is 14.3 Å². The third-order valence-electron chi connectivity index (χ3n) is 6.76. The molecule has 1 aliphatic carbocycles. The van der Waals surface area contributed by atoms with E-state index in [0.29, 0.717) is 19.1 Å². The third kappa shape index (κ3) is 2.97. The van der Waals surface area contributed by atoms with Crippen LogP contribution in [-0.4, -0.2) is 54.1 Å². The Hall–Kier alpha value is -1.14. The van der Waals surface area contributed by atoms with Crippen LogP contribution in [-0.2, 0) is 14.3 Å². The Kier molecular flexibility index (Phi) is 4.88. The predicted octanol–water partition coefficient (Wildman–Crippen LogP) is 1.42. The highest BCUT2D eigenvalue weighted by molar-refractivity contribution is 5.84. The first-order valence-corrected chi connectivity index (χ1v) is 9.68. The fraction of sp³-hybridized carbons (Fsp3) is 0.895. The highest BCUT2D eigenvalue weighted by atomic mass is 16.5. The van der Waals surface area contributed by atoms with Gasteiger partial charge in [-0.25, -0.2) is 0 Å². The van der Waals surface area contributed by atoms with Crippen molar-refractivity contribution in [1.29, 1.82) is 0 Å². The lowest BCUT2D eigenvalue weighted by Gasteiger charge is -2.55. The summed E-state index contributed by atoms with van der Waals surface area (Å²) in [6, 6.07) is 0.224. The Morgan fingerprint density at radius 1 is 1.36 bits per heavy atom. The summed E-state index contributed by atoms with van der Waals surface area (Å²) in [4.78, 5) is 26.9. The number of rotatable bonds is 4. The van der Waals surface area contributed by atoms with Gasteiger partial charge in [-0.1, -0.05) is 20.8 Å². The first kappa shape index (κ1) is 18.6. The maximum Gasteiger partial charge on any atom is 0.307 e. The van der Waals surface area contributed by atoms with Crippen LogP contribution in [0.4, 0.5) is 0 Å². The highest BCUT2D eigenvalue weighted by Gasteiger charge is 2.62. The Bertz CT molecular complexity index is 545. The molecule has 0 aromatic heterocycles. The summed E-state index contributed by atoms with van der Waals surface area (Å²) in [5.74, 6) is -0.0757. The van der Waals surface area contributed by atoms with Crippen molar-refractivity contribution in [3.05, 3.63) is 0 Å². The van der Waals surface area contributed by atoms with E-state index >= 15 is 0 Å². The number of carbonyl (C=O) groups is 2. The second-order valence-electron chi connectivity index (χ2n) is 8.94. The average Bonchev–Trinajstić information content (AvgIpc) is 3.00. The van der Waals surface area contributed by atoms with E-state index in [9.17, 15) is 9.59 Å². The second-order valence-corrected chi connectivity index (χ2v) is 8.94. The molecule has 2 bridgehead atoms. The molecular formula is C19H33N3O3. The molecule has 3 rings (SSSR count). The van der Waals surface area contributed by atoms with Crippen molar-refractivity contribution in [2.75, 3.05) is 13.2 Å². The van der Waals surface area contributed by atoms with Gasteiger partial charge in [-0.2, -0.15) is 0 Å². The molecule has 2 heterocycles. The van der Waals surface area contributed by atoms with Crippen molar-refractivity contribution in [3.63, 3.8) is 0 Å². The smallest absolute Gasteiger partial charge is 0.307 e. The standard InChI is InChI=1S/C19H33N3O3/c1-5-25-16(23)10-14-19(18(2,3)4)11-12(21-14)6-7-15(19)22-9-8-13(20)17(22)24/h12-15,21H,5-11,20H2,1-4H3/t12-,13+,14-,15+,19-/m1/s1. The Morgan fingerprint density at radius 3 is 2.64 bits per heavy atom. The normalized spacial score (nSPS) is 38.3. The van der Waals surface area contributed by atoms with E-state index in [1.54, 1.807) is 0 Å². The van der Waals surface area contributed by atoms with Gasteiger partial charge in [-0.05, 0) is 38.0 Å². The van der Waals surface area contributed by atoms with Crippen LogP contribution in [0.3, 0.4) is 0 Å². The molecule has 0 aromatic carbocycles. The number of fused-ring (bicyclic) bond motifs is 2. The predicted molar refractivity (Wildman–Crippen MR) is 95.8 cm³/mol. The van der Waals surface area contributed by atoms with Gasteiger partial charge in [0.05, 0.1) is 19.1 Å². The summed E-state index contributed by atoms with van der Waals surface area (Å²) in [6.07, 6.45) is 4.12. The molecule has 6 nitrogen and oxygen atoms in total. The van der Waals surface area contributed by atoms with Crippen LogP contribution in [0.2, 0.25) is 0 Å². The molecule has 0 aromatic rings. The van der Waals surface area contributed by atoms with Crippen LogP contribution in [0, 0.1) is 10.8 Å². The minimum absolute atomic E-state index is 0.0358. The molecule has 1 saturated carbocycles. The van der Waals surface area contributed by atoms with Crippen LogP contribution in [0.15, 0.2) is 0 Å². The van der Waals surface area contributed by atoms with Crippen molar-refractivity contribution >= 4 is 11.9 Å². The van der Waals surface area contributed by atoms with E-state index in [-0.39, 0.29) is 40.8 Å². The SMILES string of the molecule is CCOC(=O)C[C@H]1N[C@@H]2CC[C@H](N3CC[C@H](N)C3=O)[C@@]1(C(C)(C)C)C2. The summed E-state index contributed by atoms with van der Waals surface area (Å²) < 4.78 is 5.23. The van der Waals surface area contributed by atoms with Crippen LogP contribution in [0.5, 0.6) is 0 Å². The Morgan fingerprint density at radius 2 is 2.08 bits per heavy atom. The molecule has 2 aliphatic heterocycles. The number of hydrogen-bond donors (Lipinski definition) is 2. The lowest BCUT2D eigenvalue weighted by Crippen LogP contribution is -2.60. The van der Waals surface area contributed by atoms with Crippen LogP contribution in [0.25, 0.3) is 0 Å². The lowest BCUT2D eigenvalue weighted by atomic mass is 9.54. The zero-order valence-electron chi connectivity index (χ0n) is 16.0. The van der Waals surface area contributed by atoms with E-state index in [0.717, 1.165) is 32.2 Å². The van der Waals surface area contributed by atoms with E-state index in [1.165, 1.54) is 0 Å². The molecule has 25 heavy (non-hydrogen) atoms. The fourth-order valence-corrected chi connectivity index (χ4v) is 5.64. The van der Waals surface area contributed by atoms with E-state index in [4.69, 9.17) is 10.5 Å². The second kappa shape index (κ2) is 6.54. The minimum Gasteiger partial charge on any atom is -0.466 e. The summed E-state index contributed by atoms with van der Waals surface area (Å²) in [7, 11) is 0. The zero-order valence-corrected chi connectivity index (χ0v) is 16.0. The van der Waals surface area contributed by atoms with Crippen molar-refractivity contribution in [2.24, 2.45) is 16.6 Å². The number of ether oxygens (including phenoxy) is 1. The molecule has 0 unspecified atom stereocenters. The number of hydrogen-bond acceptors (Lipinski definition) is 5. The molecule has 3 N–H and O–H groups in total. The van der Waals surface area contributed by atoms with Gasteiger partial charge in [0.25, 0.3) is 0 Å². The monoisotopic (exact) mass is 351 g/mol. The topological polar surface area (TPSA) is 84.7 Å². The number of esters is 1. The molecule has 0 radical (unpaired) electrons. The molecule has 1 amide bonds. The van der Waals surface area contributed by atoms with Gasteiger partial charge >= 0.3 is 5.97 Å². The third-order valence-corrected chi connectivity index (χ3v) is 6.76. The minimum atomic E-state index is -0.368. The molecule has 2 saturated heterocycles. The van der Waals surface area contributed by atoms with E-state index in [1.807, 2.05) is 11.8 Å². The van der Waals surface area contributed by atoms with Crippen molar-refractivity contribution in [1.82, 2.24) is 10.2 Å². The van der Waals surface area contributed by atoms with Crippen molar-refractivity contribution in [2.45, 2.75) is 84.0 Å². The largest absolute Gasteiger partial charge is 0.466 e. The van der Waals surface area contributed by atoms with Crippen molar-refractivity contribution in [3.8, 4) is 0 Å². The first-order valence-electron chi connectivity index (χ1n) is 9.68. The number of likely N-dealkylation sites (tertiary alicyclic amines) is 1. The van der Waals surface area contributed by atoms with Gasteiger partial charge in [0, 0.05) is 30.1 Å². The molecule has 6 heteroatoms. The summed E-state index contributed by atoms with van der Waals surface area (Å²) in [5, 5.41) is 3.70. The van der Waals surface area contributed by atoms with Gasteiger partial charge in [0.2, 0.25) is 5.91 Å². The first-order chi connectivity index (χ1) is 11.7. The average molecular weight is 351 g/mol. The summed E-state index contributed by atoms with van der Waals surface area (Å²) in [6.45, 7) is 9.71. The number of nitrogens with one attached hydrogen (secondary N) is 1. The van der Waals surface area contributed by atoms with E-state index < -0.39 is 0 Å². The summed E-state index contributed by atoms with van der Waals surface area (Å²) in [5.41, 5.74) is 5.82. The van der Waals surface area contributed by atoms with Gasteiger partial charge in [0.1, 0.15) is 0 Å². The number of nitrogens with zero attached hydrogens (tertiary/aromatic N) is 1. The molecule has 3 aliphatic rings. The van der Waals surface area contributed by atoms with Crippen LogP contribution < -0.4 is 11.1 Å². The molecular weight excluding hydrogens is 318 g/mol. The van der Waals surface area contributed by atoms with Gasteiger partial charge in [0.15, 0.2) is 0 Å². The lowest BCUT2D eigenvalue weighted by molar-refractivity contribution is -0.146. The Labute approximate surface area is 150 Å². The van der Waals surface area contributed by atoms with Gasteiger partial charge in [-0.15, -0.1) is 0 Å². The van der Waals surface area contributed by atoms with E-state index in [2.05, 4.69) is 26.1 Å². The van der Waals surface area contributed by atoms with Gasteiger partial charge < -0.3 is 20.7 Å². The van der Waals surface area contributed by atoms with Gasteiger partial charge in [-0.3, -0.25) is 9.59 Å². The molecule has 0 spiro atoms. The zero-order chi connectivity index (χ0) is 18.4. The Balaban J connectivity index is 1.95. The molecule has 5 atom stereocenters. The number of nitrogens with two attached hydrogens (primary N) is 1. The summed E-state index contributed by atoms with van der Waals surface area (Å²) >= 11 is 0. The maximum atomic E-state index is 12.7. The van der Waals surface area contributed by atoms with Crippen LogP contribution in [0.1, 0.15) is 59.8 Å². The highest BCUT2D eigenvalue weighted by Crippen LogP contribution is 2.58. The fourth-order valence-electron chi connectivity index (χ4n) is 5.64. The molecule has 3 fully saturated rings. The molecule has 142 valence electrons.